The van der Waals surface area contributed by atoms with Crippen LogP contribution in [0.3, 0.4) is 0 Å². The minimum absolute atomic E-state index is 0.352. The van der Waals surface area contributed by atoms with Crippen molar-refractivity contribution in [3.05, 3.63) is 59.2 Å². The van der Waals surface area contributed by atoms with Crippen LogP contribution in [0.25, 0.3) is 0 Å². The van der Waals surface area contributed by atoms with Crippen molar-refractivity contribution in [2.75, 3.05) is 20.8 Å². The van der Waals surface area contributed by atoms with Crippen LogP contribution >= 0.6 is 0 Å². The van der Waals surface area contributed by atoms with Crippen molar-refractivity contribution in [1.82, 2.24) is 10.6 Å². The van der Waals surface area contributed by atoms with Crippen molar-refractivity contribution in [2.24, 2.45) is 4.99 Å². The molecule has 0 aliphatic rings. The Morgan fingerprint density at radius 1 is 0.964 bits per heavy atom. The lowest BCUT2D eigenvalue weighted by Gasteiger charge is -2.14. The largest absolute Gasteiger partial charge is 0.493 e. The van der Waals surface area contributed by atoms with Gasteiger partial charge in [0.15, 0.2) is 17.5 Å². The predicted octanol–water partition coefficient (Wildman–Crippen LogP) is 3.98. The van der Waals surface area contributed by atoms with E-state index in [-0.39, 0.29) is 0 Å². The highest BCUT2D eigenvalue weighted by Gasteiger charge is 2.29. The van der Waals surface area contributed by atoms with Gasteiger partial charge in [-0.05, 0) is 42.3 Å². The molecule has 0 heterocycles. The Kier molecular flexibility index (Phi) is 7.54. The van der Waals surface area contributed by atoms with Crippen LogP contribution in [0, 0.1) is 0 Å². The van der Waals surface area contributed by atoms with Crippen molar-refractivity contribution < 1.29 is 22.6 Å². The molecule has 0 bridgehead atoms. The normalized spacial score (nSPS) is 11.9. The quantitative estimate of drug-likeness (QED) is 0.550. The maximum Gasteiger partial charge on any atom is 0.416 e. The summed E-state index contributed by atoms with van der Waals surface area (Å²) < 4.78 is 48.7. The maximum atomic E-state index is 12.6. The van der Waals surface area contributed by atoms with E-state index in [9.17, 15) is 13.2 Å². The van der Waals surface area contributed by atoms with E-state index in [1.807, 2.05) is 25.1 Å². The van der Waals surface area contributed by atoms with Crippen LogP contribution in [-0.2, 0) is 19.3 Å². The lowest BCUT2D eigenvalue weighted by atomic mass is 10.1. The van der Waals surface area contributed by atoms with Crippen molar-refractivity contribution >= 4 is 5.96 Å². The predicted molar refractivity (Wildman–Crippen MR) is 103 cm³/mol. The molecule has 0 atom stereocenters. The smallest absolute Gasteiger partial charge is 0.416 e. The first-order valence-electron chi connectivity index (χ1n) is 8.77. The van der Waals surface area contributed by atoms with Gasteiger partial charge in [0.1, 0.15) is 0 Å². The van der Waals surface area contributed by atoms with Gasteiger partial charge in [-0.1, -0.05) is 18.2 Å². The Morgan fingerprint density at radius 3 is 2.11 bits per heavy atom. The van der Waals surface area contributed by atoms with E-state index in [1.165, 1.54) is 12.1 Å². The average Bonchev–Trinajstić information content (AvgIpc) is 2.68. The van der Waals surface area contributed by atoms with Crippen molar-refractivity contribution in [1.29, 1.82) is 0 Å². The number of hydrogen-bond donors (Lipinski definition) is 2. The molecule has 0 saturated carbocycles. The second-order valence-electron chi connectivity index (χ2n) is 5.89. The van der Waals surface area contributed by atoms with Gasteiger partial charge >= 0.3 is 6.18 Å². The Bertz CT molecular complexity index is 790. The molecule has 0 unspecified atom stereocenters. The van der Waals surface area contributed by atoms with Crippen molar-refractivity contribution in [3.63, 3.8) is 0 Å². The van der Waals surface area contributed by atoms with Gasteiger partial charge in [-0.25, -0.2) is 0 Å². The highest BCUT2D eigenvalue weighted by molar-refractivity contribution is 5.79. The minimum Gasteiger partial charge on any atom is -0.493 e. The molecule has 28 heavy (non-hydrogen) atoms. The number of halogens is 3. The Hall–Kier alpha value is -2.90. The third-order valence-corrected chi connectivity index (χ3v) is 3.95. The molecule has 0 radical (unpaired) electrons. The molecule has 0 saturated heterocycles. The highest BCUT2D eigenvalue weighted by Crippen LogP contribution is 2.29. The maximum absolute atomic E-state index is 12.6. The molecule has 5 nitrogen and oxygen atoms in total. The monoisotopic (exact) mass is 395 g/mol. The van der Waals surface area contributed by atoms with Gasteiger partial charge in [-0.2, -0.15) is 13.2 Å². The highest BCUT2D eigenvalue weighted by atomic mass is 19.4. The van der Waals surface area contributed by atoms with Crippen LogP contribution < -0.4 is 20.1 Å². The number of alkyl halides is 3. The van der Waals surface area contributed by atoms with E-state index < -0.39 is 11.7 Å². The number of hydrogen-bond acceptors (Lipinski definition) is 3. The van der Waals surface area contributed by atoms with Gasteiger partial charge in [0, 0.05) is 20.1 Å². The standard InChI is InChI=1S/C20H24F3N3O2/c1-4-28-17-10-7-15(11-18(17)27-3)13-26-19(24-2)25-12-14-5-8-16(9-6-14)20(21,22)23/h5-11H,4,12-13H2,1-3H3,(H2,24,25,26). The molecule has 0 aliphatic heterocycles. The van der Waals surface area contributed by atoms with Crippen LogP contribution in [0.5, 0.6) is 11.5 Å². The number of rotatable bonds is 7. The zero-order valence-electron chi connectivity index (χ0n) is 16.1. The summed E-state index contributed by atoms with van der Waals surface area (Å²) in [6.45, 7) is 3.30. The summed E-state index contributed by atoms with van der Waals surface area (Å²) >= 11 is 0. The van der Waals surface area contributed by atoms with Gasteiger partial charge < -0.3 is 20.1 Å². The lowest BCUT2D eigenvalue weighted by molar-refractivity contribution is -0.137. The van der Waals surface area contributed by atoms with E-state index in [4.69, 9.17) is 9.47 Å². The number of nitrogens with one attached hydrogen (secondary N) is 2. The van der Waals surface area contributed by atoms with E-state index in [2.05, 4.69) is 15.6 Å². The Morgan fingerprint density at radius 2 is 1.57 bits per heavy atom. The molecule has 152 valence electrons. The summed E-state index contributed by atoms with van der Waals surface area (Å²) in [7, 11) is 3.21. The first kappa shape index (κ1) is 21.4. The number of benzene rings is 2. The third-order valence-electron chi connectivity index (χ3n) is 3.95. The van der Waals surface area contributed by atoms with Crippen LogP contribution in [0.15, 0.2) is 47.5 Å². The molecular weight excluding hydrogens is 371 g/mol. The van der Waals surface area contributed by atoms with Gasteiger partial charge in [0.2, 0.25) is 0 Å². The second-order valence-corrected chi connectivity index (χ2v) is 5.89. The summed E-state index contributed by atoms with van der Waals surface area (Å²) in [6, 6.07) is 10.7. The Balaban J connectivity index is 1.91. The first-order valence-corrected chi connectivity index (χ1v) is 8.77. The molecule has 0 spiro atoms. The van der Waals surface area contributed by atoms with Crippen LogP contribution in [-0.4, -0.2) is 26.7 Å². The molecule has 0 aliphatic carbocycles. The van der Waals surface area contributed by atoms with Gasteiger partial charge in [0.25, 0.3) is 0 Å². The van der Waals surface area contributed by atoms with E-state index in [1.54, 1.807) is 14.2 Å². The molecule has 2 rings (SSSR count). The molecule has 2 aromatic carbocycles. The van der Waals surface area contributed by atoms with E-state index >= 15 is 0 Å². The summed E-state index contributed by atoms with van der Waals surface area (Å²) in [6.07, 6.45) is -4.33. The van der Waals surface area contributed by atoms with Gasteiger partial charge in [-0.3, -0.25) is 4.99 Å². The number of ether oxygens (including phenoxy) is 2. The zero-order valence-corrected chi connectivity index (χ0v) is 16.1. The number of guanidine groups is 1. The lowest BCUT2D eigenvalue weighted by Crippen LogP contribution is -2.36. The van der Waals surface area contributed by atoms with Crippen molar-refractivity contribution in [2.45, 2.75) is 26.2 Å². The molecule has 0 fully saturated rings. The summed E-state index contributed by atoms with van der Waals surface area (Å²) in [5, 5.41) is 6.23. The molecular formula is C20H24F3N3O2. The molecule has 0 aromatic heterocycles. The molecule has 0 amide bonds. The molecule has 2 N–H and O–H groups in total. The second kappa shape index (κ2) is 9.87. The van der Waals surface area contributed by atoms with E-state index in [0.717, 1.165) is 23.3 Å². The average molecular weight is 395 g/mol. The molecule has 2 aromatic rings. The summed E-state index contributed by atoms with van der Waals surface area (Å²) in [5.74, 6) is 1.86. The SMILES string of the molecule is CCOc1ccc(CNC(=NC)NCc2ccc(C(F)(F)F)cc2)cc1OC. The minimum atomic E-state index is -4.33. The number of methoxy groups -OCH3 is 1. The Labute approximate surface area is 162 Å². The first-order chi connectivity index (χ1) is 13.4. The fourth-order valence-electron chi connectivity index (χ4n) is 2.50. The van der Waals surface area contributed by atoms with Crippen molar-refractivity contribution in [3.8, 4) is 11.5 Å². The summed E-state index contributed by atoms with van der Waals surface area (Å²) in [4.78, 5) is 4.12. The third kappa shape index (κ3) is 6.07. The summed E-state index contributed by atoms with van der Waals surface area (Å²) in [5.41, 5.74) is 1.03. The van der Waals surface area contributed by atoms with Gasteiger partial charge in [0.05, 0.1) is 19.3 Å². The van der Waals surface area contributed by atoms with E-state index in [0.29, 0.717) is 37.2 Å². The zero-order chi connectivity index (χ0) is 20.6. The fraction of sp³-hybridized carbons (Fsp3) is 0.350. The van der Waals surface area contributed by atoms with Gasteiger partial charge in [-0.15, -0.1) is 0 Å². The topological polar surface area (TPSA) is 54.9 Å². The van der Waals surface area contributed by atoms with Crippen LogP contribution in [0.4, 0.5) is 13.2 Å². The van der Waals surface area contributed by atoms with Crippen LogP contribution in [0.2, 0.25) is 0 Å². The fourth-order valence-corrected chi connectivity index (χ4v) is 2.50. The number of nitrogens with zero attached hydrogens (tertiary/aromatic N) is 1. The molecule has 8 heteroatoms. The number of aliphatic imine (C=N–C) groups is 1. The van der Waals surface area contributed by atoms with Crippen LogP contribution in [0.1, 0.15) is 23.6 Å².